The van der Waals surface area contributed by atoms with E-state index in [1.54, 1.807) is 11.3 Å². The predicted octanol–water partition coefficient (Wildman–Crippen LogP) is 4.32. The van der Waals surface area contributed by atoms with Crippen LogP contribution in [0.25, 0.3) is 10.7 Å². The van der Waals surface area contributed by atoms with Gasteiger partial charge in [-0.1, -0.05) is 35.5 Å². The zero-order valence-corrected chi connectivity index (χ0v) is 20.3. The van der Waals surface area contributed by atoms with Crippen LogP contribution in [0.4, 0.5) is 5.69 Å². The lowest BCUT2D eigenvalue weighted by Crippen LogP contribution is -2.48. The van der Waals surface area contributed by atoms with Crippen LogP contribution >= 0.6 is 11.3 Å². The Balaban J connectivity index is 1.03. The summed E-state index contributed by atoms with van der Waals surface area (Å²) in [4.78, 5) is 25.2. The molecular formula is C27H27N5O2S. The Bertz CT molecular complexity index is 1290. The minimum Gasteiger partial charge on any atom is -0.367 e. The molecule has 2 aromatic heterocycles. The van der Waals surface area contributed by atoms with Crippen LogP contribution in [0.3, 0.4) is 0 Å². The van der Waals surface area contributed by atoms with Gasteiger partial charge in [-0.2, -0.15) is 4.98 Å². The summed E-state index contributed by atoms with van der Waals surface area (Å²) >= 11 is 1.60. The lowest BCUT2D eigenvalue weighted by Gasteiger charge is -2.34. The summed E-state index contributed by atoms with van der Waals surface area (Å²) in [7, 11) is 0. The number of carbonyl (C=O) groups excluding carboxylic acids is 1. The Hall–Kier alpha value is -3.49. The van der Waals surface area contributed by atoms with Crippen LogP contribution in [0.1, 0.15) is 27.4 Å². The molecule has 0 aliphatic carbocycles. The molecule has 178 valence electrons. The van der Waals surface area contributed by atoms with E-state index in [0.29, 0.717) is 31.3 Å². The van der Waals surface area contributed by atoms with E-state index in [0.717, 1.165) is 43.0 Å². The predicted molar refractivity (Wildman–Crippen MR) is 136 cm³/mol. The number of thiophene rings is 1. The highest BCUT2D eigenvalue weighted by Crippen LogP contribution is 2.25. The van der Waals surface area contributed by atoms with Gasteiger partial charge in [0.15, 0.2) is 0 Å². The molecule has 2 aliphatic rings. The molecule has 6 rings (SSSR count). The van der Waals surface area contributed by atoms with E-state index in [2.05, 4.69) is 56.3 Å². The molecule has 2 aromatic carbocycles. The van der Waals surface area contributed by atoms with Gasteiger partial charge < -0.3 is 14.3 Å². The second-order valence-electron chi connectivity index (χ2n) is 9.04. The van der Waals surface area contributed by atoms with Crippen molar-refractivity contribution < 1.29 is 9.32 Å². The maximum Gasteiger partial charge on any atom is 0.253 e. The van der Waals surface area contributed by atoms with Gasteiger partial charge in [0.25, 0.3) is 5.91 Å². The smallest absolute Gasteiger partial charge is 0.253 e. The molecule has 0 radical (unpaired) electrons. The second-order valence-corrected chi connectivity index (χ2v) is 9.99. The highest BCUT2D eigenvalue weighted by atomic mass is 32.1. The number of piperazine rings is 1. The monoisotopic (exact) mass is 485 g/mol. The fraction of sp³-hybridized carbons (Fsp3) is 0.296. The minimum atomic E-state index is 0.0953. The summed E-state index contributed by atoms with van der Waals surface area (Å²) in [5, 5.41) is 6.09. The number of hydrogen-bond donors (Lipinski definition) is 0. The largest absolute Gasteiger partial charge is 0.367 e. The zero-order valence-electron chi connectivity index (χ0n) is 19.5. The highest BCUT2D eigenvalue weighted by molar-refractivity contribution is 7.13. The molecule has 1 fully saturated rings. The van der Waals surface area contributed by atoms with Crippen molar-refractivity contribution in [3.63, 3.8) is 0 Å². The Labute approximate surface area is 208 Å². The summed E-state index contributed by atoms with van der Waals surface area (Å²) in [6, 6.07) is 20.7. The zero-order chi connectivity index (χ0) is 23.6. The van der Waals surface area contributed by atoms with Crippen LogP contribution in [0.5, 0.6) is 0 Å². The number of benzene rings is 2. The SMILES string of the molecule is O=C(c1ccc(N2CCc3ccccc3C2)cc1)N1CCN(Cc2nc(-c3cccs3)no2)CC1. The van der Waals surface area contributed by atoms with Crippen LogP contribution < -0.4 is 4.90 Å². The fourth-order valence-electron chi connectivity index (χ4n) is 4.84. The average molecular weight is 486 g/mol. The first-order valence-electron chi connectivity index (χ1n) is 12.0. The molecule has 4 aromatic rings. The normalized spacial score (nSPS) is 16.3. The quantitative estimate of drug-likeness (QED) is 0.420. The number of nitrogens with zero attached hydrogens (tertiary/aromatic N) is 5. The van der Waals surface area contributed by atoms with E-state index in [1.165, 1.54) is 16.8 Å². The van der Waals surface area contributed by atoms with Crippen LogP contribution in [0.2, 0.25) is 0 Å². The van der Waals surface area contributed by atoms with Crippen molar-refractivity contribution in [1.29, 1.82) is 0 Å². The van der Waals surface area contributed by atoms with Crippen molar-refractivity contribution in [2.24, 2.45) is 0 Å². The molecule has 1 amide bonds. The van der Waals surface area contributed by atoms with E-state index in [-0.39, 0.29) is 5.91 Å². The van der Waals surface area contributed by atoms with Gasteiger partial charge >= 0.3 is 0 Å². The molecule has 0 unspecified atom stereocenters. The fourth-order valence-corrected chi connectivity index (χ4v) is 5.49. The molecule has 2 aliphatic heterocycles. The number of hydrogen-bond acceptors (Lipinski definition) is 7. The number of fused-ring (bicyclic) bond motifs is 1. The van der Waals surface area contributed by atoms with Gasteiger partial charge in [-0.05, 0) is 53.3 Å². The average Bonchev–Trinajstić information content (AvgIpc) is 3.61. The molecule has 0 bridgehead atoms. The minimum absolute atomic E-state index is 0.0953. The molecular weight excluding hydrogens is 458 g/mol. The third-order valence-corrected chi connectivity index (χ3v) is 7.70. The summed E-state index contributed by atoms with van der Waals surface area (Å²) in [5.74, 6) is 1.35. The van der Waals surface area contributed by atoms with Gasteiger partial charge in [0, 0.05) is 50.5 Å². The van der Waals surface area contributed by atoms with Crippen molar-refractivity contribution in [3.8, 4) is 10.7 Å². The third kappa shape index (κ3) is 4.72. The molecule has 0 N–H and O–H groups in total. The van der Waals surface area contributed by atoms with Gasteiger partial charge in [-0.3, -0.25) is 9.69 Å². The molecule has 7 nitrogen and oxygen atoms in total. The van der Waals surface area contributed by atoms with Gasteiger partial charge in [-0.15, -0.1) is 11.3 Å². The number of rotatable bonds is 5. The van der Waals surface area contributed by atoms with Gasteiger partial charge in [0.1, 0.15) is 0 Å². The lowest BCUT2D eigenvalue weighted by molar-refractivity contribution is 0.0615. The molecule has 1 saturated heterocycles. The number of aromatic nitrogens is 2. The Morgan fingerprint density at radius 2 is 1.71 bits per heavy atom. The molecule has 0 spiro atoms. The van der Waals surface area contributed by atoms with Crippen molar-refractivity contribution in [2.75, 3.05) is 37.6 Å². The summed E-state index contributed by atoms with van der Waals surface area (Å²) in [6.45, 7) is 5.47. The van der Waals surface area contributed by atoms with Crippen molar-refractivity contribution in [3.05, 3.63) is 88.6 Å². The van der Waals surface area contributed by atoms with Crippen molar-refractivity contribution in [2.45, 2.75) is 19.5 Å². The number of carbonyl (C=O) groups is 1. The van der Waals surface area contributed by atoms with Gasteiger partial charge in [0.05, 0.1) is 11.4 Å². The Morgan fingerprint density at radius 1 is 0.914 bits per heavy atom. The van der Waals surface area contributed by atoms with E-state index in [9.17, 15) is 4.79 Å². The highest BCUT2D eigenvalue weighted by Gasteiger charge is 2.24. The lowest BCUT2D eigenvalue weighted by atomic mass is 9.99. The van der Waals surface area contributed by atoms with Gasteiger partial charge in [-0.25, -0.2) is 0 Å². The second kappa shape index (κ2) is 9.64. The first kappa shape index (κ1) is 22.0. The van der Waals surface area contributed by atoms with Crippen LogP contribution in [0.15, 0.2) is 70.6 Å². The van der Waals surface area contributed by atoms with Crippen LogP contribution in [-0.4, -0.2) is 58.6 Å². The standard InChI is InChI=1S/C27H27N5O2S/c33-27(21-7-9-23(10-8-21)32-12-11-20-4-1-2-5-22(20)18-32)31-15-13-30(14-16-31)19-25-28-26(29-34-25)24-6-3-17-35-24/h1-10,17H,11-16,18-19H2. The Morgan fingerprint density at radius 3 is 2.49 bits per heavy atom. The van der Waals surface area contributed by atoms with E-state index in [1.807, 2.05) is 34.5 Å². The molecule has 0 saturated carbocycles. The van der Waals surface area contributed by atoms with Crippen LogP contribution in [-0.2, 0) is 19.5 Å². The first-order chi connectivity index (χ1) is 17.2. The topological polar surface area (TPSA) is 65.7 Å². The third-order valence-electron chi connectivity index (χ3n) is 6.84. The van der Waals surface area contributed by atoms with Crippen molar-refractivity contribution in [1.82, 2.24) is 19.9 Å². The van der Waals surface area contributed by atoms with Crippen molar-refractivity contribution >= 4 is 22.9 Å². The molecule has 4 heterocycles. The van der Waals surface area contributed by atoms with Crippen LogP contribution in [0, 0.1) is 0 Å². The molecule has 35 heavy (non-hydrogen) atoms. The first-order valence-corrected chi connectivity index (χ1v) is 12.9. The van der Waals surface area contributed by atoms with E-state index < -0.39 is 0 Å². The number of amides is 1. The summed E-state index contributed by atoms with van der Waals surface area (Å²) in [5.41, 5.74) is 4.75. The van der Waals surface area contributed by atoms with E-state index >= 15 is 0 Å². The van der Waals surface area contributed by atoms with Gasteiger partial charge in [0.2, 0.25) is 11.7 Å². The van der Waals surface area contributed by atoms with E-state index in [4.69, 9.17) is 4.52 Å². The summed E-state index contributed by atoms with van der Waals surface area (Å²) < 4.78 is 5.43. The number of anilines is 1. The maximum absolute atomic E-state index is 13.1. The Kier molecular flexibility index (Phi) is 6.06. The molecule has 0 atom stereocenters. The molecule has 8 heteroatoms. The maximum atomic E-state index is 13.1. The summed E-state index contributed by atoms with van der Waals surface area (Å²) in [6.07, 6.45) is 1.06.